The van der Waals surface area contributed by atoms with Gasteiger partial charge >= 0.3 is 0 Å². The van der Waals surface area contributed by atoms with Crippen molar-refractivity contribution in [1.29, 1.82) is 0 Å². The first-order valence-corrected chi connectivity index (χ1v) is 5.96. The van der Waals surface area contributed by atoms with Crippen molar-refractivity contribution in [2.45, 2.75) is 32.7 Å². The topological polar surface area (TPSA) is 64.9 Å². The summed E-state index contributed by atoms with van der Waals surface area (Å²) in [6.45, 7) is 3.73. The Morgan fingerprint density at radius 2 is 2.22 bits per heavy atom. The fourth-order valence-corrected chi connectivity index (χ4v) is 1.66. The van der Waals surface area contributed by atoms with Gasteiger partial charge in [-0.15, -0.1) is 0 Å². The van der Waals surface area contributed by atoms with E-state index in [2.05, 4.69) is 10.1 Å². The van der Waals surface area contributed by atoms with Crippen molar-refractivity contribution in [2.75, 3.05) is 0 Å². The zero-order chi connectivity index (χ0) is 13.1. The minimum atomic E-state index is -0.561. The lowest BCUT2D eigenvalue weighted by Crippen LogP contribution is -2.14. The number of aromatic nitrogens is 2. The highest BCUT2D eigenvalue weighted by molar-refractivity contribution is 5.28. The SMILES string of the molecule is CCCc1nc(C(N)c2ccc(C)c(F)c2)no1. The average molecular weight is 249 g/mol. The minimum Gasteiger partial charge on any atom is -0.339 e. The van der Waals surface area contributed by atoms with Crippen molar-refractivity contribution in [2.24, 2.45) is 5.73 Å². The maximum atomic E-state index is 13.5. The van der Waals surface area contributed by atoms with Crippen LogP contribution < -0.4 is 5.73 Å². The second kappa shape index (κ2) is 5.27. The third kappa shape index (κ3) is 2.56. The molecule has 0 bridgehead atoms. The molecule has 18 heavy (non-hydrogen) atoms. The number of rotatable bonds is 4. The summed E-state index contributed by atoms with van der Waals surface area (Å²) in [7, 11) is 0. The maximum absolute atomic E-state index is 13.5. The van der Waals surface area contributed by atoms with Gasteiger partial charge in [0.1, 0.15) is 5.82 Å². The van der Waals surface area contributed by atoms with Crippen molar-refractivity contribution in [3.63, 3.8) is 0 Å². The first-order valence-electron chi connectivity index (χ1n) is 5.96. The Balaban J connectivity index is 2.23. The van der Waals surface area contributed by atoms with Gasteiger partial charge in [-0.05, 0) is 30.5 Å². The molecule has 1 heterocycles. The van der Waals surface area contributed by atoms with E-state index in [0.717, 1.165) is 12.8 Å². The quantitative estimate of drug-likeness (QED) is 0.904. The number of hydrogen-bond acceptors (Lipinski definition) is 4. The number of halogens is 1. The van der Waals surface area contributed by atoms with Crippen LogP contribution in [0.25, 0.3) is 0 Å². The minimum absolute atomic E-state index is 0.278. The molecule has 2 N–H and O–H groups in total. The first-order chi connectivity index (χ1) is 8.61. The van der Waals surface area contributed by atoms with Crippen LogP contribution in [-0.4, -0.2) is 10.1 Å². The van der Waals surface area contributed by atoms with Gasteiger partial charge in [-0.2, -0.15) is 4.98 Å². The van der Waals surface area contributed by atoms with Gasteiger partial charge in [-0.1, -0.05) is 24.2 Å². The molecule has 0 saturated heterocycles. The fourth-order valence-electron chi connectivity index (χ4n) is 1.66. The van der Waals surface area contributed by atoms with Gasteiger partial charge in [0, 0.05) is 6.42 Å². The summed E-state index contributed by atoms with van der Waals surface area (Å²) in [5.74, 6) is 0.678. The summed E-state index contributed by atoms with van der Waals surface area (Å²) in [4.78, 5) is 4.20. The van der Waals surface area contributed by atoms with Crippen molar-refractivity contribution in [3.05, 3.63) is 46.9 Å². The lowest BCUT2D eigenvalue weighted by atomic mass is 10.1. The molecule has 1 unspecified atom stereocenters. The molecule has 0 spiro atoms. The number of benzene rings is 1. The zero-order valence-electron chi connectivity index (χ0n) is 10.5. The van der Waals surface area contributed by atoms with E-state index in [-0.39, 0.29) is 5.82 Å². The molecule has 0 saturated carbocycles. The molecule has 0 aliphatic heterocycles. The van der Waals surface area contributed by atoms with Crippen LogP contribution in [0.15, 0.2) is 22.7 Å². The van der Waals surface area contributed by atoms with E-state index < -0.39 is 6.04 Å². The molecular formula is C13H16FN3O. The Morgan fingerprint density at radius 3 is 2.89 bits per heavy atom. The number of nitrogens with two attached hydrogens (primary N) is 1. The van der Waals surface area contributed by atoms with Crippen LogP contribution in [0, 0.1) is 12.7 Å². The fraction of sp³-hybridized carbons (Fsp3) is 0.385. The molecule has 4 nitrogen and oxygen atoms in total. The van der Waals surface area contributed by atoms with Gasteiger partial charge in [0.05, 0.1) is 6.04 Å². The van der Waals surface area contributed by atoms with Gasteiger partial charge in [0.2, 0.25) is 5.89 Å². The molecule has 2 aromatic rings. The predicted octanol–water partition coefficient (Wildman–Crippen LogP) is 2.52. The van der Waals surface area contributed by atoms with Crippen LogP contribution in [0.1, 0.15) is 42.2 Å². The average Bonchev–Trinajstić information content (AvgIpc) is 2.81. The maximum Gasteiger partial charge on any atom is 0.226 e. The van der Waals surface area contributed by atoms with Crippen molar-refractivity contribution < 1.29 is 8.91 Å². The third-order valence-corrected chi connectivity index (χ3v) is 2.78. The molecule has 0 amide bonds. The second-order valence-electron chi connectivity index (χ2n) is 4.28. The smallest absolute Gasteiger partial charge is 0.226 e. The second-order valence-corrected chi connectivity index (χ2v) is 4.28. The monoisotopic (exact) mass is 249 g/mol. The Bertz CT molecular complexity index is 539. The lowest BCUT2D eigenvalue weighted by Gasteiger charge is -2.08. The summed E-state index contributed by atoms with van der Waals surface area (Å²) in [6, 6.07) is 4.32. The Labute approximate surface area is 105 Å². The van der Waals surface area contributed by atoms with Gasteiger partial charge in [0.15, 0.2) is 5.82 Å². The zero-order valence-corrected chi connectivity index (χ0v) is 10.5. The molecule has 0 radical (unpaired) electrons. The molecule has 0 aliphatic carbocycles. The van der Waals surface area contributed by atoms with Crippen LogP contribution in [0.3, 0.4) is 0 Å². The van der Waals surface area contributed by atoms with E-state index in [1.54, 1.807) is 19.1 Å². The largest absolute Gasteiger partial charge is 0.339 e. The molecule has 0 fully saturated rings. The molecule has 1 aromatic carbocycles. The summed E-state index contributed by atoms with van der Waals surface area (Å²) in [6.07, 6.45) is 1.65. The predicted molar refractivity (Wildman–Crippen MR) is 65.5 cm³/mol. The van der Waals surface area contributed by atoms with Gasteiger partial charge in [0.25, 0.3) is 0 Å². The summed E-state index contributed by atoms with van der Waals surface area (Å²) in [5, 5.41) is 3.83. The first kappa shape index (κ1) is 12.7. The molecular weight excluding hydrogens is 233 g/mol. The number of hydrogen-bond donors (Lipinski definition) is 1. The van der Waals surface area contributed by atoms with Gasteiger partial charge in [-0.3, -0.25) is 0 Å². The third-order valence-electron chi connectivity index (χ3n) is 2.78. The summed E-state index contributed by atoms with van der Waals surface area (Å²) < 4.78 is 18.5. The molecule has 0 aliphatic rings. The molecule has 1 atom stereocenters. The highest BCUT2D eigenvalue weighted by Crippen LogP contribution is 2.19. The van der Waals surface area contributed by atoms with Crippen LogP contribution in [0.5, 0.6) is 0 Å². The Hall–Kier alpha value is -1.75. The van der Waals surface area contributed by atoms with E-state index in [9.17, 15) is 4.39 Å². The van der Waals surface area contributed by atoms with Crippen LogP contribution in [0.4, 0.5) is 4.39 Å². The van der Waals surface area contributed by atoms with Crippen molar-refractivity contribution >= 4 is 0 Å². The van der Waals surface area contributed by atoms with Crippen LogP contribution in [-0.2, 0) is 6.42 Å². The van der Waals surface area contributed by atoms with Crippen molar-refractivity contribution in [1.82, 2.24) is 10.1 Å². The molecule has 96 valence electrons. The Morgan fingerprint density at radius 1 is 1.44 bits per heavy atom. The normalized spacial score (nSPS) is 12.7. The van der Waals surface area contributed by atoms with Gasteiger partial charge < -0.3 is 10.3 Å². The highest BCUT2D eigenvalue weighted by atomic mass is 19.1. The summed E-state index contributed by atoms with van der Waals surface area (Å²) >= 11 is 0. The van der Waals surface area contributed by atoms with E-state index in [1.807, 2.05) is 6.92 Å². The lowest BCUT2D eigenvalue weighted by molar-refractivity contribution is 0.370. The molecule has 1 aromatic heterocycles. The molecule has 2 rings (SSSR count). The highest BCUT2D eigenvalue weighted by Gasteiger charge is 2.16. The van der Waals surface area contributed by atoms with E-state index >= 15 is 0 Å². The van der Waals surface area contributed by atoms with E-state index in [1.165, 1.54) is 6.07 Å². The number of aryl methyl sites for hydroxylation is 2. The standard InChI is InChI=1S/C13H16FN3O/c1-3-4-11-16-13(17-18-11)12(15)9-6-5-8(2)10(14)7-9/h5-7,12H,3-4,15H2,1-2H3. The Kier molecular flexibility index (Phi) is 3.72. The van der Waals surface area contributed by atoms with E-state index in [4.69, 9.17) is 10.3 Å². The van der Waals surface area contributed by atoms with Gasteiger partial charge in [-0.25, -0.2) is 4.39 Å². The summed E-state index contributed by atoms with van der Waals surface area (Å²) in [5.41, 5.74) is 7.22. The van der Waals surface area contributed by atoms with Crippen LogP contribution in [0.2, 0.25) is 0 Å². The number of nitrogens with zero attached hydrogens (tertiary/aromatic N) is 2. The molecule has 5 heteroatoms. The van der Waals surface area contributed by atoms with Crippen LogP contribution >= 0.6 is 0 Å². The van der Waals surface area contributed by atoms with Crippen molar-refractivity contribution in [3.8, 4) is 0 Å². The van der Waals surface area contributed by atoms with E-state index in [0.29, 0.717) is 22.8 Å².